The molecule has 0 spiro atoms. The molecule has 0 saturated carbocycles. The fourth-order valence-electron chi connectivity index (χ4n) is 3.02. The Labute approximate surface area is 169 Å². The average Bonchev–Trinajstić information content (AvgIpc) is 2.76. The number of nitrogen functional groups attached to an aromatic ring is 1. The van der Waals surface area contributed by atoms with Gasteiger partial charge in [0.05, 0.1) is 24.6 Å². The maximum absolute atomic E-state index is 8.99. The van der Waals surface area contributed by atoms with Crippen molar-refractivity contribution in [1.29, 1.82) is 10.5 Å². The van der Waals surface area contributed by atoms with E-state index in [0.29, 0.717) is 29.3 Å². The molecule has 3 aromatic carbocycles. The zero-order valence-electron chi connectivity index (χ0n) is 16.0. The zero-order valence-corrected chi connectivity index (χ0v) is 16.0. The molecule has 6 heteroatoms. The van der Waals surface area contributed by atoms with E-state index in [2.05, 4.69) is 11.9 Å². The van der Waals surface area contributed by atoms with Crippen LogP contribution in [0.1, 0.15) is 0 Å². The van der Waals surface area contributed by atoms with E-state index in [0.717, 1.165) is 27.6 Å². The first-order chi connectivity index (χ1) is 14.1. The molecule has 0 unspecified atom stereocenters. The van der Waals surface area contributed by atoms with Crippen LogP contribution in [0, 0.1) is 22.7 Å². The van der Waals surface area contributed by atoms with Crippen molar-refractivity contribution in [3.8, 4) is 34.8 Å². The lowest BCUT2D eigenvalue weighted by Crippen LogP contribution is -2.05. The predicted molar refractivity (Wildman–Crippen MR) is 115 cm³/mol. The molecule has 0 heterocycles. The van der Waals surface area contributed by atoms with E-state index in [1.807, 2.05) is 54.6 Å². The summed E-state index contributed by atoms with van der Waals surface area (Å²) in [6.45, 7) is 3.97. The quantitative estimate of drug-likeness (QED) is 0.459. The molecular weight excluding hydrogens is 364 g/mol. The number of hydrogen-bond acceptors (Lipinski definition) is 6. The third kappa shape index (κ3) is 4.23. The van der Waals surface area contributed by atoms with Gasteiger partial charge in [0, 0.05) is 17.5 Å². The molecule has 0 atom stereocenters. The number of hydrogen-bond donors (Lipinski definition) is 2. The van der Waals surface area contributed by atoms with Gasteiger partial charge < -0.3 is 20.5 Å². The van der Waals surface area contributed by atoms with Crippen molar-refractivity contribution >= 4 is 22.1 Å². The topological polar surface area (TPSA) is 104 Å². The minimum atomic E-state index is -0.0700. The molecule has 0 amide bonds. The molecule has 0 bridgehead atoms. The summed E-state index contributed by atoms with van der Waals surface area (Å²) in [4.78, 5) is 0. The summed E-state index contributed by atoms with van der Waals surface area (Å²) in [6.07, 6.45) is 0. The lowest BCUT2D eigenvalue weighted by atomic mass is 9.99. The molecule has 6 nitrogen and oxygen atoms in total. The van der Waals surface area contributed by atoms with E-state index in [1.54, 1.807) is 13.2 Å². The van der Waals surface area contributed by atoms with Gasteiger partial charge in [0.25, 0.3) is 0 Å². The van der Waals surface area contributed by atoms with E-state index in [1.165, 1.54) is 0 Å². The summed E-state index contributed by atoms with van der Waals surface area (Å²) in [5.74, 6) is 1.15. The van der Waals surface area contributed by atoms with Crippen molar-refractivity contribution in [1.82, 2.24) is 0 Å². The lowest BCUT2D eigenvalue weighted by molar-refractivity contribution is 0.370. The predicted octanol–water partition coefficient (Wildman–Crippen LogP) is 4.49. The maximum Gasteiger partial charge on any atom is 0.174 e. The maximum atomic E-state index is 8.99. The lowest BCUT2D eigenvalue weighted by Gasteiger charge is -2.15. The number of benzene rings is 3. The van der Waals surface area contributed by atoms with Crippen LogP contribution in [0.2, 0.25) is 0 Å². The van der Waals surface area contributed by atoms with E-state index in [-0.39, 0.29) is 6.61 Å². The summed E-state index contributed by atoms with van der Waals surface area (Å²) >= 11 is 0. The molecule has 3 aromatic rings. The normalized spacial score (nSPS) is 10.0. The standard InChI is InChI=1S/C23H20N4O2/c1-15(13-25)14-27-23-19-11-17(4-3-16(19)6-8-21(23)28-2)18-5-7-20(26)22(12-18)29-10-9-24/h3-8,11-12,27H,1,10,14,26H2,2H3. The van der Waals surface area contributed by atoms with Crippen LogP contribution in [0.4, 0.5) is 11.4 Å². The van der Waals surface area contributed by atoms with Crippen LogP contribution in [-0.2, 0) is 0 Å². The molecule has 0 aromatic heterocycles. The zero-order chi connectivity index (χ0) is 20.8. The van der Waals surface area contributed by atoms with Gasteiger partial charge in [-0.3, -0.25) is 0 Å². The van der Waals surface area contributed by atoms with Crippen LogP contribution in [0.3, 0.4) is 0 Å². The third-order valence-electron chi connectivity index (χ3n) is 4.48. The van der Waals surface area contributed by atoms with E-state index in [4.69, 9.17) is 25.7 Å². The number of anilines is 2. The Morgan fingerprint density at radius 1 is 1.07 bits per heavy atom. The van der Waals surface area contributed by atoms with E-state index >= 15 is 0 Å². The van der Waals surface area contributed by atoms with E-state index < -0.39 is 0 Å². The molecule has 0 aliphatic rings. The van der Waals surface area contributed by atoms with Crippen molar-refractivity contribution in [2.75, 3.05) is 31.3 Å². The Kier molecular flexibility index (Phi) is 5.87. The molecule has 0 fully saturated rings. The number of fused-ring (bicyclic) bond motifs is 1. The van der Waals surface area contributed by atoms with Gasteiger partial charge in [-0.15, -0.1) is 0 Å². The third-order valence-corrected chi connectivity index (χ3v) is 4.48. The Hall–Kier alpha value is -4.16. The number of nitrogens with one attached hydrogen (secondary N) is 1. The Morgan fingerprint density at radius 3 is 2.52 bits per heavy atom. The molecule has 29 heavy (non-hydrogen) atoms. The second kappa shape index (κ2) is 8.69. The minimum Gasteiger partial charge on any atom is -0.495 e. The van der Waals surface area contributed by atoms with Crippen molar-refractivity contribution < 1.29 is 9.47 Å². The van der Waals surface area contributed by atoms with Crippen LogP contribution >= 0.6 is 0 Å². The summed E-state index contributed by atoms with van der Waals surface area (Å²) in [5.41, 5.74) is 9.50. The van der Waals surface area contributed by atoms with Crippen LogP contribution in [0.25, 0.3) is 21.9 Å². The van der Waals surface area contributed by atoms with Gasteiger partial charge in [-0.25, -0.2) is 0 Å². The highest BCUT2D eigenvalue weighted by molar-refractivity contribution is 5.99. The van der Waals surface area contributed by atoms with Crippen molar-refractivity contribution in [3.63, 3.8) is 0 Å². The van der Waals surface area contributed by atoms with Gasteiger partial charge in [0.2, 0.25) is 0 Å². The van der Waals surface area contributed by atoms with Gasteiger partial charge in [-0.05, 0) is 40.8 Å². The monoisotopic (exact) mass is 384 g/mol. The van der Waals surface area contributed by atoms with Gasteiger partial charge in [-0.2, -0.15) is 10.5 Å². The summed E-state index contributed by atoms with van der Waals surface area (Å²) in [6, 6.07) is 19.4. The molecule has 3 rings (SSSR count). The largest absolute Gasteiger partial charge is 0.495 e. The summed E-state index contributed by atoms with van der Waals surface area (Å²) < 4.78 is 10.9. The van der Waals surface area contributed by atoms with E-state index in [9.17, 15) is 0 Å². The van der Waals surface area contributed by atoms with Crippen LogP contribution in [0.15, 0.2) is 60.7 Å². The Morgan fingerprint density at radius 2 is 1.79 bits per heavy atom. The van der Waals surface area contributed by atoms with Crippen LogP contribution < -0.4 is 20.5 Å². The fraction of sp³-hybridized carbons (Fsp3) is 0.130. The van der Waals surface area contributed by atoms with Crippen molar-refractivity contribution in [2.45, 2.75) is 0 Å². The summed E-state index contributed by atoms with van der Waals surface area (Å²) in [5, 5.41) is 23.0. The highest BCUT2D eigenvalue weighted by Gasteiger charge is 2.11. The first kappa shape index (κ1) is 19.6. The van der Waals surface area contributed by atoms with Gasteiger partial charge in [-0.1, -0.05) is 30.8 Å². The molecular formula is C23H20N4O2. The van der Waals surface area contributed by atoms with Crippen LogP contribution in [-0.4, -0.2) is 20.3 Å². The van der Waals surface area contributed by atoms with Crippen molar-refractivity contribution in [2.24, 2.45) is 0 Å². The van der Waals surface area contributed by atoms with Gasteiger partial charge >= 0.3 is 0 Å². The second-order valence-corrected chi connectivity index (χ2v) is 6.35. The molecule has 0 aliphatic carbocycles. The fourth-order valence-corrected chi connectivity index (χ4v) is 3.02. The minimum absolute atomic E-state index is 0.0700. The average molecular weight is 384 g/mol. The number of ether oxygens (including phenoxy) is 2. The number of nitrogens with two attached hydrogens (primary N) is 1. The van der Waals surface area contributed by atoms with Gasteiger partial charge in [0.1, 0.15) is 17.6 Å². The first-order valence-electron chi connectivity index (χ1n) is 8.89. The van der Waals surface area contributed by atoms with Gasteiger partial charge in [0.15, 0.2) is 6.61 Å². The van der Waals surface area contributed by atoms with Crippen molar-refractivity contribution in [3.05, 3.63) is 60.7 Å². The summed E-state index contributed by atoms with van der Waals surface area (Å²) in [7, 11) is 1.61. The Bertz CT molecular complexity index is 1160. The number of rotatable bonds is 7. The smallest absolute Gasteiger partial charge is 0.174 e. The number of methoxy groups -OCH3 is 1. The SMILES string of the molecule is C=C(C#N)CNc1c(OC)ccc2ccc(-c3ccc(N)c(OCC#N)c3)cc12. The molecule has 0 aliphatic heterocycles. The number of nitriles is 2. The molecule has 0 saturated heterocycles. The molecule has 3 N–H and O–H groups in total. The van der Waals surface area contributed by atoms with Crippen LogP contribution in [0.5, 0.6) is 11.5 Å². The molecule has 144 valence electrons. The second-order valence-electron chi connectivity index (χ2n) is 6.35. The number of nitrogens with zero attached hydrogens (tertiary/aromatic N) is 2. The molecule has 0 radical (unpaired) electrons. The highest BCUT2D eigenvalue weighted by atomic mass is 16.5. The Balaban J connectivity index is 2.08. The highest BCUT2D eigenvalue weighted by Crippen LogP contribution is 2.37. The first-order valence-corrected chi connectivity index (χ1v) is 8.89.